The predicted octanol–water partition coefficient (Wildman–Crippen LogP) is 3.50. The van der Waals surface area contributed by atoms with Gasteiger partial charge in [-0.05, 0) is 47.6 Å². The second-order valence-corrected chi connectivity index (χ2v) is 11.1. The van der Waals surface area contributed by atoms with Gasteiger partial charge in [-0.25, -0.2) is 4.79 Å². The number of hydrogen-bond donors (Lipinski definition) is 0. The van der Waals surface area contributed by atoms with Crippen molar-refractivity contribution in [2.45, 2.75) is 70.3 Å². The molecule has 1 aromatic rings. The predicted molar refractivity (Wildman–Crippen MR) is 109 cm³/mol. The van der Waals surface area contributed by atoms with Gasteiger partial charge in [-0.3, -0.25) is 4.98 Å². The summed E-state index contributed by atoms with van der Waals surface area (Å²) >= 11 is -1.41. The van der Waals surface area contributed by atoms with E-state index in [1.165, 1.54) is 0 Å². The topological polar surface area (TPSA) is 87.1 Å². The van der Waals surface area contributed by atoms with Gasteiger partial charge in [-0.1, -0.05) is 4.40 Å². The van der Waals surface area contributed by atoms with Crippen molar-refractivity contribution in [3.05, 3.63) is 24.0 Å². The number of hydrogen-bond acceptors (Lipinski definition) is 6. The van der Waals surface area contributed by atoms with Crippen molar-refractivity contribution in [1.82, 2.24) is 9.88 Å². The minimum atomic E-state index is -1.41. The van der Waals surface area contributed by atoms with E-state index in [9.17, 15) is 9.35 Å². The van der Waals surface area contributed by atoms with Gasteiger partial charge in [0, 0.05) is 37.7 Å². The molecular weight excluding hydrogens is 378 g/mol. The van der Waals surface area contributed by atoms with Gasteiger partial charge in [-0.2, -0.15) is 0 Å². The molecule has 0 radical (unpaired) electrons. The molecule has 3 rings (SSSR count). The Bertz CT molecular complexity index is 774. The van der Waals surface area contributed by atoms with E-state index in [0.717, 1.165) is 5.56 Å². The number of amides is 1. The summed E-state index contributed by atoms with van der Waals surface area (Å²) in [4.78, 5) is 18.2. The molecule has 8 heteroatoms. The normalized spacial score (nSPS) is 21.4. The highest BCUT2D eigenvalue weighted by Gasteiger charge is 2.50. The van der Waals surface area contributed by atoms with Crippen molar-refractivity contribution in [2.75, 3.05) is 13.1 Å². The van der Waals surface area contributed by atoms with Crippen LogP contribution in [0.3, 0.4) is 0 Å². The van der Waals surface area contributed by atoms with Gasteiger partial charge in [-0.15, -0.1) is 0 Å². The van der Waals surface area contributed by atoms with Crippen LogP contribution in [0.2, 0.25) is 0 Å². The lowest BCUT2D eigenvalue weighted by Crippen LogP contribution is -2.53. The summed E-state index contributed by atoms with van der Waals surface area (Å²) in [5.74, 6) is 0.651. The fraction of sp³-hybridized carbons (Fsp3) is 0.650. The highest BCUT2D eigenvalue weighted by atomic mass is 32.2. The van der Waals surface area contributed by atoms with Crippen molar-refractivity contribution < 1.29 is 18.8 Å². The molecule has 7 nitrogen and oxygen atoms in total. The Labute approximate surface area is 169 Å². The first-order valence-corrected chi connectivity index (χ1v) is 10.6. The number of rotatable bonds is 1. The van der Waals surface area contributed by atoms with E-state index in [-0.39, 0.29) is 6.09 Å². The lowest BCUT2D eigenvalue weighted by molar-refractivity contribution is 0.00603. The molecule has 1 fully saturated rings. The minimum absolute atomic E-state index is 0.323. The molecule has 1 saturated heterocycles. The van der Waals surface area contributed by atoms with E-state index in [0.29, 0.717) is 37.4 Å². The van der Waals surface area contributed by atoms with Crippen LogP contribution in [0.25, 0.3) is 0 Å². The van der Waals surface area contributed by atoms with Crippen LogP contribution in [-0.4, -0.2) is 55.3 Å². The fourth-order valence-electron chi connectivity index (χ4n) is 3.23. The van der Waals surface area contributed by atoms with Crippen molar-refractivity contribution in [2.24, 2.45) is 4.40 Å². The van der Waals surface area contributed by atoms with Crippen LogP contribution >= 0.6 is 0 Å². The molecule has 1 aromatic heterocycles. The van der Waals surface area contributed by atoms with Crippen LogP contribution in [-0.2, 0) is 16.1 Å². The molecule has 0 unspecified atom stereocenters. The molecule has 0 aliphatic carbocycles. The van der Waals surface area contributed by atoms with Crippen LogP contribution in [0.15, 0.2) is 22.9 Å². The third kappa shape index (κ3) is 4.27. The molecule has 0 aromatic carbocycles. The molecule has 2 aliphatic heterocycles. The van der Waals surface area contributed by atoms with E-state index in [1.54, 1.807) is 17.3 Å². The molecule has 0 N–H and O–H groups in total. The molecular formula is C20H29N3O4S. The third-order valence-electron chi connectivity index (χ3n) is 4.70. The number of nitrogens with zero attached hydrogens (tertiary/aromatic N) is 3. The summed E-state index contributed by atoms with van der Waals surface area (Å²) < 4.78 is 28.6. The number of pyridine rings is 1. The van der Waals surface area contributed by atoms with Crippen LogP contribution in [0.4, 0.5) is 4.79 Å². The number of piperidine rings is 1. The number of fused-ring (bicyclic) bond motifs is 1. The number of carbonyl (C=O) groups excluding carboxylic acids is 1. The highest BCUT2D eigenvalue weighted by Crippen LogP contribution is 2.42. The third-order valence-corrected chi connectivity index (χ3v) is 6.09. The van der Waals surface area contributed by atoms with Gasteiger partial charge in [0.1, 0.15) is 33.2 Å². The number of ether oxygens (including phenoxy) is 2. The molecule has 0 saturated carbocycles. The van der Waals surface area contributed by atoms with Gasteiger partial charge in [0.25, 0.3) is 0 Å². The van der Waals surface area contributed by atoms with Crippen molar-refractivity contribution in [1.29, 1.82) is 0 Å². The first-order valence-electron chi connectivity index (χ1n) is 9.54. The Balaban J connectivity index is 1.85. The Hall–Kier alpha value is -1.80. The van der Waals surface area contributed by atoms with Gasteiger partial charge < -0.3 is 18.9 Å². The summed E-state index contributed by atoms with van der Waals surface area (Å²) in [5, 5.41) is 0. The first kappa shape index (κ1) is 20.9. The zero-order valence-electron chi connectivity index (χ0n) is 17.4. The summed E-state index contributed by atoms with van der Waals surface area (Å²) in [5.41, 5.74) is 0.305. The molecule has 1 atom stereocenters. The molecule has 154 valence electrons. The zero-order valence-corrected chi connectivity index (χ0v) is 18.3. The highest BCUT2D eigenvalue weighted by molar-refractivity contribution is 7.91. The monoisotopic (exact) mass is 407 g/mol. The largest absolute Gasteiger partial charge is 0.591 e. The molecule has 0 bridgehead atoms. The molecule has 28 heavy (non-hydrogen) atoms. The Morgan fingerprint density at radius 1 is 1.29 bits per heavy atom. The van der Waals surface area contributed by atoms with Crippen molar-refractivity contribution in [3.63, 3.8) is 0 Å². The van der Waals surface area contributed by atoms with Gasteiger partial charge in [0.15, 0.2) is 5.60 Å². The number of likely N-dealkylation sites (tertiary alicyclic amines) is 1. The van der Waals surface area contributed by atoms with Crippen LogP contribution in [0, 0.1) is 0 Å². The van der Waals surface area contributed by atoms with Gasteiger partial charge >= 0.3 is 6.09 Å². The van der Waals surface area contributed by atoms with Gasteiger partial charge in [0.2, 0.25) is 0 Å². The SMILES string of the molecule is CC(C)(C)OC(=O)N1CCC2(CC1)Oc1cnccc1/C2=N\[S@@+]([O-])C(C)(C)C. The van der Waals surface area contributed by atoms with Crippen LogP contribution < -0.4 is 4.74 Å². The second-order valence-electron chi connectivity index (χ2n) is 9.24. The van der Waals surface area contributed by atoms with Crippen molar-refractivity contribution >= 4 is 23.2 Å². The average molecular weight is 408 g/mol. The van der Waals surface area contributed by atoms with E-state index >= 15 is 0 Å². The number of carbonyl (C=O) groups is 1. The van der Waals surface area contributed by atoms with E-state index < -0.39 is 27.3 Å². The second kappa shape index (κ2) is 7.22. The summed E-state index contributed by atoms with van der Waals surface area (Å²) in [6.45, 7) is 12.2. The maximum Gasteiger partial charge on any atom is 0.410 e. The Kier molecular flexibility index (Phi) is 5.40. The van der Waals surface area contributed by atoms with Crippen LogP contribution in [0.5, 0.6) is 5.75 Å². The first-order chi connectivity index (χ1) is 12.9. The minimum Gasteiger partial charge on any atom is -0.591 e. The Morgan fingerprint density at radius 2 is 1.93 bits per heavy atom. The molecule has 1 amide bonds. The summed E-state index contributed by atoms with van der Waals surface area (Å²) in [6, 6.07) is 1.85. The summed E-state index contributed by atoms with van der Waals surface area (Å²) in [6.07, 6.45) is 4.14. The lowest BCUT2D eigenvalue weighted by Gasteiger charge is -2.39. The van der Waals surface area contributed by atoms with E-state index in [1.807, 2.05) is 47.6 Å². The van der Waals surface area contributed by atoms with Gasteiger partial charge in [0.05, 0.1) is 6.20 Å². The van der Waals surface area contributed by atoms with Crippen LogP contribution in [0.1, 0.15) is 59.9 Å². The molecule has 2 aliphatic rings. The fourth-order valence-corrected chi connectivity index (χ4v) is 3.93. The molecule has 3 heterocycles. The maximum absolute atomic E-state index is 12.8. The standard InChI is InChI=1S/C20H29N3O4S/c1-18(2,3)27-17(24)23-11-8-20(9-12-23)16(22-28(25)19(4,5)6)14-7-10-21-13-15(14)26-20/h7,10,13H,8-9,11-12H2,1-6H3/b22-16+/t28-/m0/s1. The summed E-state index contributed by atoms with van der Waals surface area (Å²) in [7, 11) is 0. The smallest absolute Gasteiger partial charge is 0.410 e. The molecule has 1 spiro atoms. The van der Waals surface area contributed by atoms with Crippen molar-refractivity contribution in [3.8, 4) is 5.75 Å². The zero-order chi connectivity index (χ0) is 20.7. The average Bonchev–Trinajstić information content (AvgIpc) is 2.86. The number of aromatic nitrogens is 1. The quantitative estimate of drug-likeness (QED) is 0.665. The maximum atomic E-state index is 12.8. The van der Waals surface area contributed by atoms with E-state index in [2.05, 4.69) is 9.38 Å². The lowest BCUT2D eigenvalue weighted by atomic mass is 9.85. The van der Waals surface area contributed by atoms with E-state index in [4.69, 9.17) is 9.47 Å². The Morgan fingerprint density at radius 3 is 2.50 bits per heavy atom.